The van der Waals surface area contributed by atoms with Gasteiger partial charge >= 0.3 is 0 Å². The number of halogens is 1. The van der Waals surface area contributed by atoms with Gasteiger partial charge in [-0.05, 0) is 12.1 Å². The molecule has 0 N–H and O–H groups in total. The van der Waals surface area contributed by atoms with Crippen molar-refractivity contribution in [1.29, 1.82) is 0 Å². The van der Waals surface area contributed by atoms with Gasteiger partial charge in [-0.1, -0.05) is 28.1 Å². The van der Waals surface area contributed by atoms with E-state index in [-0.39, 0.29) is 0 Å². The van der Waals surface area contributed by atoms with Gasteiger partial charge in [0.05, 0.1) is 5.39 Å². The minimum Gasteiger partial charge on any atom is -0.273 e. The average Bonchev–Trinajstić information content (AvgIpc) is 3.01. The second-order valence-electron chi connectivity index (χ2n) is 4.50. The molecule has 3 heterocycles. The summed E-state index contributed by atoms with van der Waals surface area (Å²) in [5.74, 6) is 0.677. The number of hydrogen-bond acceptors (Lipinski definition) is 4. The fourth-order valence-corrected chi connectivity index (χ4v) is 2.41. The van der Waals surface area contributed by atoms with Crippen LogP contribution in [0.3, 0.4) is 0 Å². The average molecular weight is 329 g/mol. The zero-order chi connectivity index (χ0) is 13.7. The highest BCUT2D eigenvalue weighted by Gasteiger charge is 2.11. The van der Waals surface area contributed by atoms with Crippen LogP contribution in [0.1, 0.15) is 0 Å². The lowest BCUT2D eigenvalue weighted by Gasteiger charge is -1.93. The Morgan fingerprint density at radius 3 is 2.70 bits per heavy atom. The molecule has 0 aliphatic carbocycles. The van der Waals surface area contributed by atoms with Gasteiger partial charge < -0.3 is 0 Å². The Labute approximate surface area is 122 Å². The lowest BCUT2D eigenvalue weighted by atomic mass is 10.2. The Bertz CT molecular complexity index is 921. The molecule has 7 heteroatoms. The number of aromatic nitrogens is 6. The summed E-state index contributed by atoms with van der Waals surface area (Å²) < 4.78 is 4.44. The van der Waals surface area contributed by atoms with E-state index < -0.39 is 0 Å². The molecular weight excluding hydrogens is 320 g/mol. The molecule has 20 heavy (non-hydrogen) atoms. The first kappa shape index (κ1) is 11.5. The largest absolute Gasteiger partial charge is 0.273 e. The maximum Gasteiger partial charge on any atom is 0.186 e. The normalized spacial score (nSPS) is 11.5. The summed E-state index contributed by atoms with van der Waals surface area (Å²) in [7, 11) is 1.87. The first-order valence-electron chi connectivity index (χ1n) is 6.01. The molecule has 0 amide bonds. The molecule has 0 bridgehead atoms. The van der Waals surface area contributed by atoms with Crippen molar-refractivity contribution in [1.82, 2.24) is 29.4 Å². The van der Waals surface area contributed by atoms with Gasteiger partial charge in [-0.25, -0.2) is 14.5 Å². The van der Waals surface area contributed by atoms with Crippen LogP contribution in [0.5, 0.6) is 0 Å². The maximum atomic E-state index is 4.60. The highest BCUT2D eigenvalue weighted by Crippen LogP contribution is 2.21. The van der Waals surface area contributed by atoms with E-state index in [2.05, 4.69) is 36.1 Å². The molecule has 0 atom stereocenters. The van der Waals surface area contributed by atoms with E-state index in [1.807, 2.05) is 37.5 Å². The monoisotopic (exact) mass is 328 g/mol. The van der Waals surface area contributed by atoms with Crippen LogP contribution < -0.4 is 0 Å². The van der Waals surface area contributed by atoms with E-state index in [1.54, 1.807) is 15.5 Å². The van der Waals surface area contributed by atoms with Crippen molar-refractivity contribution >= 4 is 32.6 Å². The van der Waals surface area contributed by atoms with Gasteiger partial charge in [0.15, 0.2) is 17.1 Å². The molecule has 0 aliphatic heterocycles. The van der Waals surface area contributed by atoms with Crippen LogP contribution in [-0.4, -0.2) is 29.4 Å². The summed E-state index contributed by atoms with van der Waals surface area (Å²) in [6.07, 6.45) is 3.54. The van der Waals surface area contributed by atoms with Gasteiger partial charge in [0, 0.05) is 23.3 Å². The lowest BCUT2D eigenvalue weighted by Crippen LogP contribution is -1.90. The van der Waals surface area contributed by atoms with Gasteiger partial charge in [-0.3, -0.25) is 4.68 Å². The standard InChI is InChI=1S/C13H9BrN6/c1-19-6-10-12(17-19)15-7-20-13(10)16-11(18-20)8-2-4-9(14)5-3-8/h2-7H,1H3. The van der Waals surface area contributed by atoms with Crippen molar-refractivity contribution in [3.63, 3.8) is 0 Å². The van der Waals surface area contributed by atoms with E-state index in [0.29, 0.717) is 11.5 Å². The number of benzene rings is 1. The van der Waals surface area contributed by atoms with E-state index in [4.69, 9.17) is 0 Å². The second-order valence-corrected chi connectivity index (χ2v) is 5.41. The number of fused-ring (bicyclic) bond motifs is 3. The van der Waals surface area contributed by atoms with Gasteiger partial charge in [0.25, 0.3) is 0 Å². The highest BCUT2D eigenvalue weighted by molar-refractivity contribution is 9.10. The molecule has 4 aromatic rings. The Morgan fingerprint density at radius 2 is 1.90 bits per heavy atom. The predicted molar refractivity (Wildman–Crippen MR) is 78.2 cm³/mol. The van der Waals surface area contributed by atoms with Crippen LogP contribution in [0.4, 0.5) is 0 Å². The molecule has 0 saturated carbocycles. The fourth-order valence-electron chi connectivity index (χ4n) is 2.15. The molecular formula is C13H9BrN6. The minimum atomic E-state index is 0.676. The van der Waals surface area contributed by atoms with Crippen LogP contribution >= 0.6 is 15.9 Å². The van der Waals surface area contributed by atoms with Gasteiger partial charge in [-0.2, -0.15) is 5.10 Å². The first-order chi connectivity index (χ1) is 9.70. The predicted octanol–water partition coefficient (Wildman–Crippen LogP) is 2.44. The Hall–Kier alpha value is -2.28. The Morgan fingerprint density at radius 1 is 1.10 bits per heavy atom. The van der Waals surface area contributed by atoms with Crippen LogP contribution in [0, 0.1) is 0 Å². The van der Waals surface area contributed by atoms with E-state index in [1.165, 1.54) is 0 Å². The summed E-state index contributed by atoms with van der Waals surface area (Å²) in [5, 5.41) is 9.63. The number of hydrogen-bond donors (Lipinski definition) is 0. The minimum absolute atomic E-state index is 0.676. The third-order valence-electron chi connectivity index (χ3n) is 3.07. The summed E-state index contributed by atoms with van der Waals surface area (Å²) in [5.41, 5.74) is 2.41. The molecule has 0 spiro atoms. The van der Waals surface area contributed by atoms with Crippen molar-refractivity contribution in [2.75, 3.05) is 0 Å². The molecule has 0 aliphatic rings. The summed E-state index contributed by atoms with van der Waals surface area (Å²) in [6.45, 7) is 0. The molecule has 4 rings (SSSR count). The molecule has 0 unspecified atom stereocenters. The van der Waals surface area contributed by atoms with Gasteiger partial charge in [-0.15, -0.1) is 5.10 Å². The zero-order valence-electron chi connectivity index (χ0n) is 10.5. The fraction of sp³-hybridized carbons (Fsp3) is 0.0769. The molecule has 1 aromatic carbocycles. The highest BCUT2D eigenvalue weighted by atomic mass is 79.9. The summed E-state index contributed by atoms with van der Waals surface area (Å²) >= 11 is 3.42. The van der Waals surface area contributed by atoms with Crippen molar-refractivity contribution < 1.29 is 0 Å². The molecule has 3 aromatic heterocycles. The van der Waals surface area contributed by atoms with Gasteiger partial charge in [0.1, 0.15) is 6.33 Å². The maximum absolute atomic E-state index is 4.60. The van der Waals surface area contributed by atoms with Crippen LogP contribution in [0.25, 0.3) is 28.1 Å². The van der Waals surface area contributed by atoms with E-state index in [0.717, 1.165) is 21.1 Å². The second kappa shape index (κ2) is 4.11. The number of aryl methyl sites for hydroxylation is 1. The topological polar surface area (TPSA) is 60.9 Å². The van der Waals surface area contributed by atoms with Gasteiger partial charge in [0.2, 0.25) is 0 Å². The SMILES string of the molecule is Cn1cc2c(ncn3nc(-c4ccc(Br)cc4)nc23)n1. The third kappa shape index (κ3) is 1.70. The van der Waals surface area contributed by atoms with Crippen molar-refractivity contribution in [3.05, 3.63) is 41.3 Å². The Balaban J connectivity index is 1.98. The van der Waals surface area contributed by atoms with E-state index >= 15 is 0 Å². The molecule has 0 fully saturated rings. The molecule has 0 saturated heterocycles. The Kier molecular flexibility index (Phi) is 2.37. The number of rotatable bonds is 1. The summed E-state index contributed by atoms with van der Waals surface area (Å²) in [4.78, 5) is 8.87. The van der Waals surface area contributed by atoms with Crippen LogP contribution in [0.15, 0.2) is 41.3 Å². The molecule has 6 nitrogen and oxygen atoms in total. The smallest absolute Gasteiger partial charge is 0.186 e. The van der Waals surface area contributed by atoms with Crippen LogP contribution in [-0.2, 0) is 7.05 Å². The van der Waals surface area contributed by atoms with Crippen molar-refractivity contribution in [3.8, 4) is 11.4 Å². The van der Waals surface area contributed by atoms with Crippen molar-refractivity contribution in [2.45, 2.75) is 0 Å². The van der Waals surface area contributed by atoms with Crippen molar-refractivity contribution in [2.24, 2.45) is 7.05 Å². The number of nitrogens with zero attached hydrogens (tertiary/aromatic N) is 6. The third-order valence-corrected chi connectivity index (χ3v) is 3.60. The zero-order valence-corrected chi connectivity index (χ0v) is 12.1. The lowest BCUT2D eigenvalue weighted by molar-refractivity contribution is 0.775. The first-order valence-corrected chi connectivity index (χ1v) is 6.81. The molecule has 98 valence electrons. The van der Waals surface area contributed by atoms with Crippen LogP contribution in [0.2, 0.25) is 0 Å². The summed E-state index contributed by atoms with van der Waals surface area (Å²) in [6, 6.07) is 7.90. The van der Waals surface area contributed by atoms with E-state index in [9.17, 15) is 0 Å². The quantitative estimate of drug-likeness (QED) is 0.538. The molecule has 0 radical (unpaired) electrons.